The fraction of sp³-hybridized carbons (Fsp3) is 0.182. The van der Waals surface area contributed by atoms with Crippen LogP contribution in [0.4, 0.5) is 11.4 Å². The number of rotatable bonds is 6. The average molecular weight is 346 g/mol. The molecule has 1 aromatic heterocycles. The number of para-hydroxylation sites is 1. The largest absolute Gasteiger partial charge is 0.508 e. The number of anilines is 2. The molecule has 0 aliphatic rings. The molecular weight excluding hydrogens is 324 g/mol. The minimum Gasteiger partial charge on any atom is -0.508 e. The highest BCUT2D eigenvalue weighted by atomic mass is 16.3. The van der Waals surface area contributed by atoms with Crippen LogP contribution in [0.3, 0.4) is 0 Å². The molecule has 4 nitrogen and oxygen atoms in total. The maximum atomic E-state index is 12.7. The predicted octanol–water partition coefficient (Wildman–Crippen LogP) is 5.62. The van der Waals surface area contributed by atoms with Crippen LogP contribution in [0.1, 0.15) is 41.3 Å². The summed E-state index contributed by atoms with van der Waals surface area (Å²) >= 11 is 0. The summed E-state index contributed by atoms with van der Waals surface area (Å²) in [5, 5.41) is 13.9. The zero-order valence-corrected chi connectivity index (χ0v) is 15.0. The molecule has 0 aliphatic heterocycles. The maximum Gasteiger partial charge on any atom is 0.166 e. The van der Waals surface area contributed by atoms with Gasteiger partial charge >= 0.3 is 0 Å². The monoisotopic (exact) mass is 346 g/mol. The Balaban J connectivity index is 2.22. The summed E-state index contributed by atoms with van der Waals surface area (Å²) in [6, 6.07) is 11.0. The molecule has 0 fully saturated rings. The van der Waals surface area contributed by atoms with Crippen molar-refractivity contribution < 1.29 is 9.90 Å². The number of hydrogen-bond donors (Lipinski definition) is 2. The molecular formula is C22H22N2O2. The van der Waals surface area contributed by atoms with Crippen LogP contribution in [-0.4, -0.2) is 15.9 Å². The van der Waals surface area contributed by atoms with Crippen LogP contribution in [0.25, 0.3) is 17.0 Å². The third kappa shape index (κ3) is 3.31. The number of benzene rings is 2. The van der Waals surface area contributed by atoms with Gasteiger partial charge in [-0.15, -0.1) is 0 Å². The number of pyridine rings is 1. The maximum absolute atomic E-state index is 12.7. The Morgan fingerprint density at radius 2 is 2.12 bits per heavy atom. The lowest BCUT2D eigenvalue weighted by Gasteiger charge is -2.16. The van der Waals surface area contributed by atoms with Crippen molar-refractivity contribution in [3.8, 4) is 5.75 Å². The second-order valence-electron chi connectivity index (χ2n) is 6.29. The molecule has 0 atom stereocenters. The van der Waals surface area contributed by atoms with Crippen LogP contribution in [0.2, 0.25) is 0 Å². The van der Waals surface area contributed by atoms with Crippen molar-refractivity contribution in [2.45, 2.75) is 26.7 Å². The van der Waals surface area contributed by atoms with Crippen molar-refractivity contribution in [2.24, 2.45) is 0 Å². The molecule has 0 spiro atoms. The molecule has 0 saturated heterocycles. The highest BCUT2D eigenvalue weighted by molar-refractivity contribution is 6.10. The van der Waals surface area contributed by atoms with Gasteiger partial charge in [-0.25, -0.2) is 0 Å². The lowest BCUT2D eigenvalue weighted by molar-refractivity contribution is 0.0982. The predicted molar refractivity (Wildman–Crippen MR) is 107 cm³/mol. The van der Waals surface area contributed by atoms with Gasteiger partial charge < -0.3 is 10.4 Å². The summed E-state index contributed by atoms with van der Waals surface area (Å²) in [5.74, 6) is 0.272. The Morgan fingerprint density at radius 3 is 2.81 bits per heavy atom. The molecule has 3 rings (SSSR count). The zero-order chi connectivity index (χ0) is 18.7. The Morgan fingerprint density at radius 1 is 1.31 bits per heavy atom. The number of fused-ring (bicyclic) bond motifs is 1. The van der Waals surface area contributed by atoms with Crippen molar-refractivity contribution in [1.82, 2.24) is 4.98 Å². The van der Waals surface area contributed by atoms with Crippen molar-refractivity contribution in [1.29, 1.82) is 0 Å². The van der Waals surface area contributed by atoms with E-state index in [9.17, 15) is 9.90 Å². The minimum atomic E-state index is 0.0600. The average Bonchev–Trinajstić information content (AvgIpc) is 2.63. The summed E-state index contributed by atoms with van der Waals surface area (Å²) in [6.45, 7) is 7.75. The topological polar surface area (TPSA) is 62.2 Å². The lowest BCUT2D eigenvalue weighted by Crippen LogP contribution is -2.06. The molecule has 1 heterocycles. The number of hydrogen-bond acceptors (Lipinski definition) is 4. The third-order valence-corrected chi connectivity index (χ3v) is 4.40. The van der Waals surface area contributed by atoms with Gasteiger partial charge in [0.25, 0.3) is 0 Å². The van der Waals surface area contributed by atoms with Gasteiger partial charge in [0.1, 0.15) is 5.75 Å². The zero-order valence-electron chi connectivity index (χ0n) is 15.0. The Hall–Kier alpha value is -3.14. The van der Waals surface area contributed by atoms with Crippen LogP contribution >= 0.6 is 0 Å². The molecule has 132 valence electrons. The van der Waals surface area contributed by atoms with Gasteiger partial charge in [-0.1, -0.05) is 37.8 Å². The number of aromatic nitrogens is 1. The van der Waals surface area contributed by atoms with Gasteiger partial charge in [0, 0.05) is 29.3 Å². The summed E-state index contributed by atoms with van der Waals surface area (Å²) in [6.07, 6.45) is 4.66. The van der Waals surface area contributed by atoms with Crippen LogP contribution < -0.4 is 5.32 Å². The second kappa shape index (κ2) is 7.40. The fourth-order valence-corrected chi connectivity index (χ4v) is 3.04. The number of carbonyl (C=O) groups is 1. The number of Topliss-reactive ketones (excluding diaryl/α,β-unsaturated/α-hetero) is 1. The van der Waals surface area contributed by atoms with Gasteiger partial charge in [0.2, 0.25) is 0 Å². The molecule has 0 unspecified atom stereocenters. The number of ketones is 1. The summed E-state index contributed by atoms with van der Waals surface area (Å²) in [5.41, 5.74) is 4.77. The van der Waals surface area contributed by atoms with E-state index in [4.69, 9.17) is 0 Å². The quantitative estimate of drug-likeness (QED) is 0.449. The minimum absolute atomic E-state index is 0.0600. The van der Waals surface area contributed by atoms with Gasteiger partial charge in [0.15, 0.2) is 5.78 Å². The molecule has 3 aromatic rings. The first kappa shape index (κ1) is 17.7. The summed E-state index contributed by atoms with van der Waals surface area (Å²) in [4.78, 5) is 17.2. The van der Waals surface area contributed by atoms with Crippen LogP contribution in [0, 0.1) is 6.92 Å². The molecule has 0 saturated carbocycles. The van der Waals surface area contributed by atoms with Gasteiger partial charge in [0.05, 0.1) is 16.8 Å². The highest BCUT2D eigenvalue weighted by Gasteiger charge is 2.17. The number of nitrogens with zero attached hydrogens (tertiary/aromatic N) is 1. The molecule has 0 amide bonds. The summed E-state index contributed by atoms with van der Waals surface area (Å²) < 4.78 is 0. The fourth-order valence-electron chi connectivity index (χ4n) is 3.04. The van der Waals surface area contributed by atoms with Gasteiger partial charge in [-0.3, -0.25) is 9.78 Å². The van der Waals surface area contributed by atoms with Crippen molar-refractivity contribution in [3.05, 3.63) is 65.9 Å². The number of aryl methyl sites for hydroxylation is 1. The SMILES string of the molecule is C=Cc1cccc2c(Nc3ccc(O)cc3C)c(C(=O)CCC)cnc12. The molecule has 0 radical (unpaired) electrons. The molecule has 26 heavy (non-hydrogen) atoms. The van der Waals surface area contributed by atoms with E-state index in [-0.39, 0.29) is 11.5 Å². The Bertz CT molecular complexity index is 993. The first-order valence-electron chi connectivity index (χ1n) is 8.69. The van der Waals surface area contributed by atoms with Crippen LogP contribution in [0.15, 0.2) is 49.2 Å². The van der Waals surface area contributed by atoms with E-state index >= 15 is 0 Å². The molecule has 2 aromatic carbocycles. The number of carbonyl (C=O) groups excluding carboxylic acids is 1. The summed E-state index contributed by atoms with van der Waals surface area (Å²) in [7, 11) is 0. The smallest absolute Gasteiger partial charge is 0.166 e. The van der Waals surface area contributed by atoms with Gasteiger partial charge in [-0.2, -0.15) is 0 Å². The van der Waals surface area contributed by atoms with E-state index in [1.165, 1.54) is 0 Å². The Kier molecular flexibility index (Phi) is 5.03. The van der Waals surface area contributed by atoms with Crippen LogP contribution in [0.5, 0.6) is 5.75 Å². The van der Waals surface area contributed by atoms with E-state index in [0.717, 1.165) is 39.8 Å². The van der Waals surface area contributed by atoms with Crippen molar-refractivity contribution in [3.63, 3.8) is 0 Å². The number of nitrogens with one attached hydrogen (secondary N) is 1. The number of phenols is 1. The highest BCUT2D eigenvalue weighted by Crippen LogP contribution is 2.33. The van der Waals surface area contributed by atoms with E-state index in [1.807, 2.05) is 38.1 Å². The van der Waals surface area contributed by atoms with Crippen molar-refractivity contribution >= 4 is 34.1 Å². The van der Waals surface area contributed by atoms with E-state index in [1.54, 1.807) is 24.4 Å². The number of phenolic OH excluding ortho intramolecular Hbond substituents is 1. The molecule has 4 heteroatoms. The van der Waals surface area contributed by atoms with Crippen molar-refractivity contribution in [2.75, 3.05) is 5.32 Å². The second-order valence-corrected chi connectivity index (χ2v) is 6.29. The first-order chi connectivity index (χ1) is 12.5. The normalized spacial score (nSPS) is 10.7. The van der Waals surface area contributed by atoms with Crippen LogP contribution in [-0.2, 0) is 0 Å². The Labute approximate surface area is 153 Å². The molecule has 0 aliphatic carbocycles. The first-order valence-corrected chi connectivity index (χ1v) is 8.69. The van der Waals surface area contributed by atoms with E-state index in [0.29, 0.717) is 12.0 Å². The lowest BCUT2D eigenvalue weighted by atomic mass is 10.0. The standard InChI is InChI=1S/C22H22N2O2/c1-4-7-20(26)18-13-23-21-15(5-2)8-6-9-17(21)22(18)24-19-11-10-16(25)12-14(19)3/h5-6,8-13,25H,2,4,7H2,1,3H3,(H,23,24). The molecule has 0 bridgehead atoms. The van der Waals surface area contributed by atoms with E-state index in [2.05, 4.69) is 16.9 Å². The van der Waals surface area contributed by atoms with Gasteiger partial charge in [-0.05, 0) is 37.1 Å². The van der Waals surface area contributed by atoms with E-state index < -0.39 is 0 Å². The number of aromatic hydroxyl groups is 1. The molecule has 2 N–H and O–H groups in total. The third-order valence-electron chi connectivity index (χ3n) is 4.40.